The van der Waals surface area contributed by atoms with Crippen molar-refractivity contribution < 1.29 is 27.5 Å². The molecule has 0 atom stereocenters. The molecule has 0 radical (unpaired) electrons. The summed E-state index contributed by atoms with van der Waals surface area (Å²) < 4.78 is 44.0. The fourth-order valence-electron chi connectivity index (χ4n) is 3.71. The third-order valence-corrected chi connectivity index (χ3v) is 5.63. The van der Waals surface area contributed by atoms with Crippen molar-refractivity contribution in [2.24, 2.45) is 0 Å². The number of benzene rings is 1. The van der Waals surface area contributed by atoms with Gasteiger partial charge in [0.15, 0.2) is 0 Å². The maximum Gasteiger partial charge on any atom is 0.417 e. The molecule has 0 unspecified atom stereocenters. The quantitative estimate of drug-likeness (QED) is 0.179. The molecule has 0 saturated carbocycles. The predicted molar refractivity (Wildman–Crippen MR) is 125 cm³/mol. The molecule has 33 heavy (non-hydrogen) atoms. The lowest BCUT2D eigenvalue weighted by Gasteiger charge is -2.12. The summed E-state index contributed by atoms with van der Waals surface area (Å²) in [6.07, 6.45) is 12.6. The Morgan fingerprint density at radius 3 is 1.79 bits per heavy atom. The van der Waals surface area contributed by atoms with Crippen LogP contribution in [0.4, 0.5) is 13.2 Å². The van der Waals surface area contributed by atoms with Crippen molar-refractivity contribution in [1.82, 2.24) is 5.32 Å². The largest absolute Gasteiger partial charge is 0.464 e. The third-order valence-electron chi connectivity index (χ3n) is 5.63. The highest BCUT2D eigenvalue weighted by atomic mass is 19.4. The first kappa shape index (κ1) is 29.0. The molecule has 0 aromatic heterocycles. The molecule has 0 saturated heterocycles. The number of carbonyl (C=O) groups is 2. The lowest BCUT2D eigenvalue weighted by Crippen LogP contribution is -2.32. The first-order chi connectivity index (χ1) is 15.9. The molecule has 0 fully saturated rings. The van der Waals surface area contributed by atoms with E-state index in [9.17, 15) is 22.8 Å². The maximum atomic E-state index is 13.0. The molecule has 1 rings (SSSR count). The van der Waals surface area contributed by atoms with Crippen molar-refractivity contribution in [2.45, 2.75) is 103 Å². The summed E-state index contributed by atoms with van der Waals surface area (Å²) in [5.74, 6) is -1.60. The van der Waals surface area contributed by atoms with Gasteiger partial charge in [0.05, 0.1) is 17.7 Å². The second kappa shape index (κ2) is 17.4. The van der Waals surface area contributed by atoms with Gasteiger partial charge in [-0.25, -0.2) is 0 Å². The van der Waals surface area contributed by atoms with Crippen LogP contribution in [-0.2, 0) is 15.7 Å². The van der Waals surface area contributed by atoms with Crippen LogP contribution in [0.15, 0.2) is 24.3 Å². The molecule has 1 aromatic carbocycles. The SMILES string of the molecule is CCCCCCCCCCCCCCCCOC(=O)CNC(=O)c1ccccc1C(F)(F)F. The Morgan fingerprint density at radius 2 is 1.27 bits per heavy atom. The molecular weight excluding hydrogens is 431 g/mol. The number of rotatable bonds is 18. The molecule has 0 spiro atoms. The fraction of sp³-hybridized carbons (Fsp3) is 0.692. The summed E-state index contributed by atoms with van der Waals surface area (Å²) in [4.78, 5) is 23.7. The average Bonchev–Trinajstić information content (AvgIpc) is 2.79. The molecule has 1 N–H and O–H groups in total. The molecule has 1 aromatic rings. The van der Waals surface area contributed by atoms with Crippen LogP contribution in [0.25, 0.3) is 0 Å². The van der Waals surface area contributed by atoms with Crippen molar-refractivity contribution in [3.8, 4) is 0 Å². The summed E-state index contributed by atoms with van der Waals surface area (Å²) in [5, 5.41) is 2.20. The summed E-state index contributed by atoms with van der Waals surface area (Å²) in [6.45, 7) is 2.04. The van der Waals surface area contributed by atoms with Gasteiger partial charge in [0, 0.05) is 0 Å². The first-order valence-corrected chi connectivity index (χ1v) is 12.5. The van der Waals surface area contributed by atoms with Crippen LogP contribution in [0.1, 0.15) is 113 Å². The minimum atomic E-state index is -4.64. The number of alkyl halides is 3. The Balaban J connectivity index is 2.00. The highest BCUT2D eigenvalue weighted by Gasteiger charge is 2.34. The molecule has 0 aliphatic carbocycles. The molecule has 7 heteroatoms. The van der Waals surface area contributed by atoms with E-state index in [-0.39, 0.29) is 6.61 Å². The number of ether oxygens (including phenoxy) is 1. The Labute approximate surface area is 196 Å². The minimum Gasteiger partial charge on any atom is -0.464 e. The van der Waals surface area contributed by atoms with Crippen LogP contribution in [0, 0.1) is 0 Å². The van der Waals surface area contributed by atoms with E-state index in [2.05, 4.69) is 12.2 Å². The van der Waals surface area contributed by atoms with Gasteiger partial charge < -0.3 is 10.1 Å². The predicted octanol–water partition coefficient (Wildman–Crippen LogP) is 7.46. The standard InChI is InChI=1S/C26H40F3NO3/c1-2-3-4-5-6-7-8-9-10-11-12-13-14-17-20-33-24(31)21-30-25(32)22-18-15-16-19-23(22)26(27,28)29/h15-16,18-19H,2-14,17,20-21H2,1H3,(H,30,32). The summed E-state index contributed by atoms with van der Waals surface area (Å²) >= 11 is 0. The van der Waals surface area contributed by atoms with Crippen LogP contribution in [0.3, 0.4) is 0 Å². The highest BCUT2D eigenvalue weighted by Crippen LogP contribution is 2.31. The van der Waals surface area contributed by atoms with Crippen molar-refractivity contribution in [2.75, 3.05) is 13.2 Å². The monoisotopic (exact) mass is 471 g/mol. The molecule has 4 nitrogen and oxygen atoms in total. The van der Waals surface area contributed by atoms with Crippen molar-refractivity contribution in [3.05, 3.63) is 35.4 Å². The number of carbonyl (C=O) groups excluding carboxylic acids is 2. The van der Waals surface area contributed by atoms with Crippen LogP contribution in [0.5, 0.6) is 0 Å². The molecule has 0 aliphatic rings. The van der Waals surface area contributed by atoms with E-state index in [4.69, 9.17) is 4.74 Å². The van der Waals surface area contributed by atoms with E-state index >= 15 is 0 Å². The Kier molecular flexibility index (Phi) is 15.3. The lowest BCUT2D eigenvalue weighted by molar-refractivity contribution is -0.142. The Morgan fingerprint density at radius 1 is 0.788 bits per heavy atom. The van der Waals surface area contributed by atoms with E-state index in [1.165, 1.54) is 82.8 Å². The minimum absolute atomic E-state index is 0.256. The molecular formula is C26H40F3NO3. The van der Waals surface area contributed by atoms with Crippen molar-refractivity contribution >= 4 is 11.9 Å². The number of hydrogen-bond donors (Lipinski definition) is 1. The third kappa shape index (κ3) is 14.0. The van der Waals surface area contributed by atoms with E-state index in [1.807, 2.05) is 0 Å². The van der Waals surface area contributed by atoms with Gasteiger partial charge in [-0.1, -0.05) is 103 Å². The Hall–Kier alpha value is -2.05. The van der Waals surface area contributed by atoms with Crippen molar-refractivity contribution in [3.63, 3.8) is 0 Å². The normalized spacial score (nSPS) is 11.4. The van der Waals surface area contributed by atoms with Crippen LogP contribution >= 0.6 is 0 Å². The number of hydrogen-bond acceptors (Lipinski definition) is 3. The van der Waals surface area contributed by atoms with Gasteiger partial charge in [-0.05, 0) is 18.6 Å². The van der Waals surface area contributed by atoms with Gasteiger partial charge in [-0.3, -0.25) is 9.59 Å². The van der Waals surface area contributed by atoms with Crippen molar-refractivity contribution in [1.29, 1.82) is 0 Å². The highest BCUT2D eigenvalue weighted by molar-refractivity contribution is 5.97. The van der Waals surface area contributed by atoms with Gasteiger partial charge in [0.2, 0.25) is 0 Å². The Bertz CT molecular complexity index is 677. The van der Waals surface area contributed by atoms with Gasteiger partial charge in [0.25, 0.3) is 5.91 Å². The zero-order valence-corrected chi connectivity index (χ0v) is 20.0. The zero-order valence-electron chi connectivity index (χ0n) is 20.0. The molecule has 0 heterocycles. The summed E-state index contributed by atoms with van der Waals surface area (Å²) in [5.41, 5.74) is -1.54. The number of nitrogens with one attached hydrogen (secondary N) is 1. The van der Waals surface area contributed by atoms with Gasteiger partial charge in [-0.15, -0.1) is 0 Å². The maximum absolute atomic E-state index is 13.0. The lowest BCUT2D eigenvalue weighted by atomic mass is 10.0. The topological polar surface area (TPSA) is 55.4 Å². The average molecular weight is 472 g/mol. The smallest absolute Gasteiger partial charge is 0.417 e. The van der Waals surface area contributed by atoms with Crippen LogP contribution in [0.2, 0.25) is 0 Å². The second-order valence-corrected chi connectivity index (χ2v) is 8.54. The van der Waals surface area contributed by atoms with Crippen LogP contribution < -0.4 is 5.32 Å². The molecule has 0 bridgehead atoms. The zero-order chi connectivity index (χ0) is 24.4. The molecule has 1 amide bonds. The first-order valence-electron chi connectivity index (χ1n) is 12.5. The van der Waals surface area contributed by atoms with Gasteiger partial charge in [0.1, 0.15) is 6.54 Å². The van der Waals surface area contributed by atoms with Gasteiger partial charge in [-0.2, -0.15) is 13.2 Å². The molecule has 0 aliphatic heterocycles. The number of esters is 1. The number of halogens is 3. The molecule has 188 valence electrons. The summed E-state index contributed by atoms with van der Waals surface area (Å²) in [6, 6.07) is 4.48. The van der Waals surface area contributed by atoms with Crippen LogP contribution in [-0.4, -0.2) is 25.0 Å². The summed E-state index contributed by atoms with van der Waals surface area (Å²) in [7, 11) is 0. The van der Waals surface area contributed by atoms with E-state index < -0.39 is 35.7 Å². The number of unbranched alkanes of at least 4 members (excludes halogenated alkanes) is 13. The fourth-order valence-corrected chi connectivity index (χ4v) is 3.71. The second-order valence-electron chi connectivity index (χ2n) is 8.54. The number of amides is 1. The van der Waals surface area contributed by atoms with E-state index in [0.29, 0.717) is 0 Å². The van der Waals surface area contributed by atoms with E-state index in [0.717, 1.165) is 31.4 Å². The van der Waals surface area contributed by atoms with Gasteiger partial charge >= 0.3 is 12.1 Å². The van der Waals surface area contributed by atoms with E-state index in [1.54, 1.807) is 0 Å².